The predicted molar refractivity (Wildman–Crippen MR) is 78.1 cm³/mol. The molecule has 0 radical (unpaired) electrons. The highest BCUT2D eigenvalue weighted by molar-refractivity contribution is 5.35. The minimum atomic E-state index is 0.552. The minimum Gasteiger partial charge on any atom is -0.490 e. The maximum Gasteiger partial charge on any atom is 0.122 e. The zero-order valence-electron chi connectivity index (χ0n) is 11.8. The molecule has 2 rings (SSSR count). The summed E-state index contributed by atoms with van der Waals surface area (Å²) in [6.07, 6.45) is 0. The monoisotopic (exact) mass is 256 g/mol. The van der Waals surface area contributed by atoms with Crippen LogP contribution in [-0.2, 0) is 0 Å². The van der Waals surface area contributed by atoms with Gasteiger partial charge in [-0.15, -0.1) is 0 Å². The van der Waals surface area contributed by atoms with Crippen molar-refractivity contribution in [2.45, 2.75) is 20.8 Å². The van der Waals surface area contributed by atoms with Crippen LogP contribution in [0.15, 0.2) is 42.5 Å². The summed E-state index contributed by atoms with van der Waals surface area (Å²) in [7, 11) is 0. The predicted octanol–water partition coefficient (Wildman–Crippen LogP) is 4.07. The first-order valence-corrected chi connectivity index (χ1v) is 6.54. The highest BCUT2D eigenvalue weighted by Gasteiger charge is 2.00. The van der Waals surface area contributed by atoms with Crippen LogP contribution < -0.4 is 9.47 Å². The van der Waals surface area contributed by atoms with Crippen LogP contribution in [0.1, 0.15) is 16.7 Å². The Bertz CT molecular complexity index is 547. The summed E-state index contributed by atoms with van der Waals surface area (Å²) >= 11 is 0. The minimum absolute atomic E-state index is 0.552. The number of hydrogen-bond donors (Lipinski definition) is 0. The highest BCUT2D eigenvalue weighted by atomic mass is 16.5. The maximum atomic E-state index is 5.72. The summed E-state index contributed by atoms with van der Waals surface area (Å²) in [6.45, 7) is 7.30. The van der Waals surface area contributed by atoms with Gasteiger partial charge in [0.15, 0.2) is 0 Å². The summed E-state index contributed by atoms with van der Waals surface area (Å²) in [5.74, 6) is 1.82. The van der Waals surface area contributed by atoms with Crippen LogP contribution >= 0.6 is 0 Å². The lowest BCUT2D eigenvalue weighted by atomic mass is 10.1. The lowest BCUT2D eigenvalue weighted by Crippen LogP contribution is -2.09. The van der Waals surface area contributed by atoms with Crippen molar-refractivity contribution in [3.05, 3.63) is 59.2 Å². The van der Waals surface area contributed by atoms with Crippen LogP contribution in [-0.4, -0.2) is 13.2 Å². The standard InChI is InChI=1S/C17H20O2/c1-13-5-4-6-16(12-13)18-9-10-19-17-8-7-14(2)11-15(17)3/h4-8,11-12H,9-10H2,1-3H3. The van der Waals surface area contributed by atoms with Crippen molar-refractivity contribution in [2.75, 3.05) is 13.2 Å². The molecule has 0 saturated carbocycles. The molecule has 0 aromatic heterocycles. The molecule has 0 spiro atoms. The Hall–Kier alpha value is -1.96. The molecule has 0 aliphatic heterocycles. The molecule has 0 amide bonds. The number of ether oxygens (including phenoxy) is 2. The Kier molecular flexibility index (Phi) is 4.45. The van der Waals surface area contributed by atoms with E-state index in [1.807, 2.05) is 24.3 Å². The molecular formula is C17H20O2. The summed E-state index contributed by atoms with van der Waals surface area (Å²) in [4.78, 5) is 0. The highest BCUT2D eigenvalue weighted by Crippen LogP contribution is 2.18. The van der Waals surface area contributed by atoms with E-state index in [2.05, 4.69) is 39.0 Å². The first-order valence-electron chi connectivity index (χ1n) is 6.54. The average molecular weight is 256 g/mol. The second kappa shape index (κ2) is 6.28. The van der Waals surface area contributed by atoms with E-state index in [9.17, 15) is 0 Å². The Morgan fingerprint density at radius 3 is 2.26 bits per heavy atom. The Labute approximate surface area is 115 Å². The first-order chi connectivity index (χ1) is 9.15. The fourth-order valence-electron chi connectivity index (χ4n) is 1.98. The third-order valence-electron chi connectivity index (χ3n) is 2.93. The largest absolute Gasteiger partial charge is 0.490 e. The fraction of sp³-hybridized carbons (Fsp3) is 0.294. The van der Waals surface area contributed by atoms with Crippen LogP contribution in [0.5, 0.6) is 11.5 Å². The van der Waals surface area contributed by atoms with E-state index in [0.29, 0.717) is 13.2 Å². The molecule has 2 heteroatoms. The number of rotatable bonds is 5. The maximum absolute atomic E-state index is 5.72. The Morgan fingerprint density at radius 1 is 0.789 bits per heavy atom. The van der Waals surface area contributed by atoms with Crippen LogP contribution in [0, 0.1) is 20.8 Å². The molecule has 0 heterocycles. The van der Waals surface area contributed by atoms with Gasteiger partial charge < -0.3 is 9.47 Å². The van der Waals surface area contributed by atoms with E-state index in [-0.39, 0.29) is 0 Å². The summed E-state index contributed by atoms with van der Waals surface area (Å²) in [5.41, 5.74) is 3.62. The van der Waals surface area contributed by atoms with Crippen molar-refractivity contribution < 1.29 is 9.47 Å². The Morgan fingerprint density at radius 2 is 1.53 bits per heavy atom. The molecule has 0 N–H and O–H groups in total. The molecule has 0 saturated heterocycles. The van der Waals surface area contributed by atoms with Gasteiger partial charge in [0, 0.05) is 0 Å². The van der Waals surface area contributed by atoms with Crippen molar-refractivity contribution in [2.24, 2.45) is 0 Å². The number of benzene rings is 2. The first kappa shape index (κ1) is 13.5. The van der Waals surface area contributed by atoms with Crippen molar-refractivity contribution >= 4 is 0 Å². The quantitative estimate of drug-likeness (QED) is 0.751. The van der Waals surface area contributed by atoms with Crippen molar-refractivity contribution in [1.82, 2.24) is 0 Å². The number of aryl methyl sites for hydroxylation is 3. The molecular weight excluding hydrogens is 236 g/mol. The molecule has 100 valence electrons. The van der Waals surface area contributed by atoms with Gasteiger partial charge in [0.25, 0.3) is 0 Å². The summed E-state index contributed by atoms with van der Waals surface area (Å²) in [6, 6.07) is 14.2. The van der Waals surface area contributed by atoms with E-state index in [4.69, 9.17) is 9.47 Å². The second-order valence-corrected chi connectivity index (χ2v) is 4.78. The van der Waals surface area contributed by atoms with Gasteiger partial charge in [0.05, 0.1) is 0 Å². The van der Waals surface area contributed by atoms with E-state index in [0.717, 1.165) is 17.1 Å². The third-order valence-corrected chi connectivity index (χ3v) is 2.93. The fourth-order valence-corrected chi connectivity index (χ4v) is 1.98. The molecule has 2 nitrogen and oxygen atoms in total. The Balaban J connectivity index is 1.81. The van der Waals surface area contributed by atoms with Gasteiger partial charge in [-0.2, -0.15) is 0 Å². The molecule has 0 aliphatic rings. The molecule has 2 aromatic carbocycles. The van der Waals surface area contributed by atoms with Crippen molar-refractivity contribution in [3.63, 3.8) is 0 Å². The van der Waals surface area contributed by atoms with Crippen molar-refractivity contribution in [3.8, 4) is 11.5 Å². The van der Waals surface area contributed by atoms with E-state index >= 15 is 0 Å². The average Bonchev–Trinajstić information content (AvgIpc) is 2.37. The molecule has 0 unspecified atom stereocenters. The van der Waals surface area contributed by atoms with Crippen LogP contribution in [0.2, 0.25) is 0 Å². The zero-order valence-corrected chi connectivity index (χ0v) is 11.8. The molecule has 0 bridgehead atoms. The zero-order chi connectivity index (χ0) is 13.7. The molecule has 0 atom stereocenters. The SMILES string of the molecule is Cc1cccc(OCCOc2ccc(C)cc2C)c1. The normalized spacial score (nSPS) is 10.3. The molecule has 19 heavy (non-hydrogen) atoms. The summed E-state index contributed by atoms with van der Waals surface area (Å²) in [5, 5.41) is 0. The van der Waals surface area contributed by atoms with E-state index in [1.165, 1.54) is 11.1 Å². The van der Waals surface area contributed by atoms with Crippen LogP contribution in [0.3, 0.4) is 0 Å². The second-order valence-electron chi connectivity index (χ2n) is 4.78. The van der Waals surface area contributed by atoms with Gasteiger partial charge in [-0.3, -0.25) is 0 Å². The van der Waals surface area contributed by atoms with Crippen LogP contribution in [0.25, 0.3) is 0 Å². The van der Waals surface area contributed by atoms with Crippen molar-refractivity contribution in [1.29, 1.82) is 0 Å². The lowest BCUT2D eigenvalue weighted by molar-refractivity contribution is 0.216. The van der Waals surface area contributed by atoms with Gasteiger partial charge in [-0.05, 0) is 50.1 Å². The van der Waals surface area contributed by atoms with E-state index in [1.54, 1.807) is 0 Å². The lowest BCUT2D eigenvalue weighted by Gasteiger charge is -2.11. The molecule has 2 aromatic rings. The third kappa shape index (κ3) is 4.02. The van der Waals surface area contributed by atoms with Gasteiger partial charge in [-0.25, -0.2) is 0 Å². The molecule has 0 aliphatic carbocycles. The van der Waals surface area contributed by atoms with Gasteiger partial charge in [0.1, 0.15) is 24.7 Å². The smallest absolute Gasteiger partial charge is 0.122 e. The summed E-state index contributed by atoms with van der Waals surface area (Å²) < 4.78 is 11.4. The van der Waals surface area contributed by atoms with Gasteiger partial charge in [-0.1, -0.05) is 29.8 Å². The number of hydrogen-bond acceptors (Lipinski definition) is 2. The van der Waals surface area contributed by atoms with Crippen LogP contribution in [0.4, 0.5) is 0 Å². The van der Waals surface area contributed by atoms with E-state index < -0.39 is 0 Å². The van der Waals surface area contributed by atoms with Gasteiger partial charge >= 0.3 is 0 Å². The molecule has 0 fully saturated rings. The topological polar surface area (TPSA) is 18.5 Å². The van der Waals surface area contributed by atoms with Gasteiger partial charge in [0.2, 0.25) is 0 Å².